The topological polar surface area (TPSA) is 84.6 Å². The van der Waals surface area contributed by atoms with Crippen molar-refractivity contribution in [3.63, 3.8) is 0 Å². The van der Waals surface area contributed by atoms with E-state index >= 15 is 0 Å². The number of aryl methyl sites for hydroxylation is 1. The van der Waals surface area contributed by atoms with Crippen LogP contribution < -0.4 is 11.1 Å². The first-order chi connectivity index (χ1) is 8.73. The highest BCUT2D eigenvalue weighted by atomic mass is 16.6. The fourth-order valence-electron chi connectivity index (χ4n) is 1.57. The minimum atomic E-state index is -0.557. The molecule has 1 atom stereocenters. The van der Waals surface area contributed by atoms with Crippen molar-refractivity contribution >= 4 is 6.09 Å². The van der Waals surface area contributed by atoms with Gasteiger partial charge in [0.25, 0.3) is 0 Å². The third kappa shape index (κ3) is 4.79. The molecule has 0 aromatic heterocycles. The lowest BCUT2D eigenvalue weighted by atomic mass is 10.0. The summed E-state index contributed by atoms with van der Waals surface area (Å²) in [5, 5.41) is 12.4. The largest absolute Gasteiger partial charge is 0.508 e. The summed E-state index contributed by atoms with van der Waals surface area (Å²) in [4.78, 5) is 11.7. The molecular weight excluding hydrogens is 244 g/mol. The SMILES string of the molecule is Cc1ccc(C(CN)NC(=O)OC(C)(C)C)cc1O. The summed E-state index contributed by atoms with van der Waals surface area (Å²) in [6, 6.07) is 4.82. The lowest BCUT2D eigenvalue weighted by Crippen LogP contribution is -2.37. The third-order valence-corrected chi connectivity index (χ3v) is 2.56. The van der Waals surface area contributed by atoms with Crippen LogP contribution in [-0.2, 0) is 4.74 Å². The van der Waals surface area contributed by atoms with Crippen molar-refractivity contribution in [2.45, 2.75) is 39.3 Å². The number of phenols is 1. The Balaban J connectivity index is 2.78. The fourth-order valence-corrected chi connectivity index (χ4v) is 1.57. The molecule has 0 spiro atoms. The average Bonchev–Trinajstić information content (AvgIpc) is 2.27. The summed E-state index contributed by atoms with van der Waals surface area (Å²) < 4.78 is 5.18. The Hall–Kier alpha value is -1.75. The summed E-state index contributed by atoms with van der Waals surface area (Å²) in [7, 11) is 0. The number of hydrogen-bond acceptors (Lipinski definition) is 4. The highest BCUT2D eigenvalue weighted by Gasteiger charge is 2.20. The van der Waals surface area contributed by atoms with Crippen molar-refractivity contribution < 1.29 is 14.6 Å². The Morgan fingerprint density at radius 1 is 1.47 bits per heavy atom. The Labute approximate surface area is 113 Å². The Kier molecular flexibility index (Phi) is 4.78. The van der Waals surface area contributed by atoms with Gasteiger partial charge < -0.3 is 20.9 Å². The monoisotopic (exact) mass is 266 g/mol. The number of amides is 1. The molecule has 1 aromatic rings. The molecule has 0 aliphatic heterocycles. The number of alkyl carbamates (subject to hydrolysis) is 1. The van der Waals surface area contributed by atoms with E-state index in [9.17, 15) is 9.90 Å². The number of carbonyl (C=O) groups is 1. The van der Waals surface area contributed by atoms with E-state index in [-0.39, 0.29) is 18.3 Å². The van der Waals surface area contributed by atoms with Gasteiger partial charge in [-0.25, -0.2) is 4.79 Å². The summed E-state index contributed by atoms with van der Waals surface area (Å²) in [6.45, 7) is 7.41. The molecule has 1 amide bonds. The first kappa shape index (κ1) is 15.3. The van der Waals surface area contributed by atoms with Gasteiger partial charge in [0.15, 0.2) is 0 Å². The number of aromatic hydroxyl groups is 1. The van der Waals surface area contributed by atoms with Crippen LogP contribution in [0.4, 0.5) is 4.79 Å². The van der Waals surface area contributed by atoms with Gasteiger partial charge in [0.05, 0.1) is 6.04 Å². The van der Waals surface area contributed by atoms with Crippen molar-refractivity contribution in [3.05, 3.63) is 29.3 Å². The van der Waals surface area contributed by atoms with Crippen LogP contribution in [0.3, 0.4) is 0 Å². The highest BCUT2D eigenvalue weighted by molar-refractivity contribution is 5.68. The van der Waals surface area contributed by atoms with E-state index in [0.29, 0.717) is 0 Å². The lowest BCUT2D eigenvalue weighted by Gasteiger charge is -2.23. The Bertz CT molecular complexity index is 452. The molecule has 106 valence electrons. The lowest BCUT2D eigenvalue weighted by molar-refractivity contribution is 0.0505. The molecule has 0 saturated carbocycles. The van der Waals surface area contributed by atoms with Gasteiger partial charge in [-0.3, -0.25) is 0 Å². The second-order valence-electron chi connectivity index (χ2n) is 5.48. The maximum absolute atomic E-state index is 11.7. The number of hydrogen-bond donors (Lipinski definition) is 3. The predicted molar refractivity (Wildman–Crippen MR) is 74.0 cm³/mol. The standard InChI is InChI=1S/C14H22N2O3/c1-9-5-6-10(7-12(9)17)11(8-15)16-13(18)19-14(2,3)4/h5-7,11,17H,8,15H2,1-4H3,(H,16,18). The van der Waals surface area contributed by atoms with Crippen LogP contribution in [-0.4, -0.2) is 23.3 Å². The van der Waals surface area contributed by atoms with Crippen LogP contribution in [0, 0.1) is 6.92 Å². The van der Waals surface area contributed by atoms with Gasteiger partial charge in [0.1, 0.15) is 11.4 Å². The molecule has 19 heavy (non-hydrogen) atoms. The van der Waals surface area contributed by atoms with Gasteiger partial charge in [0, 0.05) is 6.54 Å². The molecule has 4 N–H and O–H groups in total. The van der Waals surface area contributed by atoms with Gasteiger partial charge >= 0.3 is 6.09 Å². The van der Waals surface area contributed by atoms with Crippen molar-refractivity contribution in [1.29, 1.82) is 0 Å². The van der Waals surface area contributed by atoms with Gasteiger partial charge in [-0.1, -0.05) is 12.1 Å². The zero-order valence-corrected chi connectivity index (χ0v) is 11.9. The number of ether oxygens (including phenoxy) is 1. The summed E-state index contributed by atoms with van der Waals surface area (Å²) in [6.07, 6.45) is -0.525. The summed E-state index contributed by atoms with van der Waals surface area (Å²) in [5.41, 5.74) is 6.62. The molecular formula is C14H22N2O3. The van der Waals surface area contributed by atoms with Gasteiger partial charge in [-0.2, -0.15) is 0 Å². The van der Waals surface area contributed by atoms with Crippen LogP contribution in [0.2, 0.25) is 0 Å². The van der Waals surface area contributed by atoms with E-state index in [1.165, 1.54) is 0 Å². The molecule has 0 bridgehead atoms. The zero-order valence-electron chi connectivity index (χ0n) is 11.9. The molecule has 0 aliphatic rings. The molecule has 1 aromatic carbocycles. The molecule has 1 unspecified atom stereocenters. The number of rotatable bonds is 3. The predicted octanol–water partition coefficient (Wildman–Crippen LogP) is 2.23. The van der Waals surface area contributed by atoms with Crippen LogP contribution in [0.15, 0.2) is 18.2 Å². The quantitative estimate of drug-likeness (QED) is 0.783. The van der Waals surface area contributed by atoms with E-state index in [2.05, 4.69) is 5.32 Å². The molecule has 0 fully saturated rings. The van der Waals surface area contributed by atoms with Crippen LogP contribution >= 0.6 is 0 Å². The van der Waals surface area contributed by atoms with Gasteiger partial charge in [0.2, 0.25) is 0 Å². The molecule has 0 saturated heterocycles. The van der Waals surface area contributed by atoms with E-state index in [4.69, 9.17) is 10.5 Å². The normalized spacial score (nSPS) is 12.9. The second kappa shape index (κ2) is 5.93. The molecule has 5 nitrogen and oxygen atoms in total. The molecule has 0 heterocycles. The molecule has 0 radical (unpaired) electrons. The Morgan fingerprint density at radius 2 is 2.11 bits per heavy atom. The molecule has 1 rings (SSSR count). The van der Waals surface area contributed by atoms with Crippen molar-refractivity contribution in [2.24, 2.45) is 5.73 Å². The maximum Gasteiger partial charge on any atom is 0.408 e. The first-order valence-corrected chi connectivity index (χ1v) is 6.22. The van der Waals surface area contributed by atoms with Crippen LogP contribution in [0.5, 0.6) is 5.75 Å². The van der Waals surface area contributed by atoms with Crippen LogP contribution in [0.25, 0.3) is 0 Å². The zero-order chi connectivity index (χ0) is 14.6. The first-order valence-electron chi connectivity index (χ1n) is 6.22. The molecule has 0 aliphatic carbocycles. The summed E-state index contributed by atoms with van der Waals surface area (Å²) >= 11 is 0. The number of carbonyl (C=O) groups excluding carboxylic acids is 1. The number of nitrogens with two attached hydrogens (primary N) is 1. The van der Waals surface area contributed by atoms with E-state index < -0.39 is 11.7 Å². The maximum atomic E-state index is 11.7. The minimum Gasteiger partial charge on any atom is -0.508 e. The van der Waals surface area contributed by atoms with Crippen LogP contribution in [0.1, 0.15) is 37.9 Å². The smallest absolute Gasteiger partial charge is 0.408 e. The van der Waals surface area contributed by atoms with Gasteiger partial charge in [-0.15, -0.1) is 0 Å². The van der Waals surface area contributed by atoms with E-state index in [1.807, 2.05) is 6.07 Å². The number of nitrogens with one attached hydrogen (secondary N) is 1. The third-order valence-electron chi connectivity index (χ3n) is 2.56. The van der Waals surface area contributed by atoms with Crippen molar-refractivity contribution in [3.8, 4) is 5.75 Å². The van der Waals surface area contributed by atoms with Gasteiger partial charge in [-0.05, 0) is 44.9 Å². The fraction of sp³-hybridized carbons (Fsp3) is 0.500. The van der Waals surface area contributed by atoms with E-state index in [0.717, 1.165) is 11.1 Å². The average molecular weight is 266 g/mol. The minimum absolute atomic E-state index is 0.182. The van der Waals surface area contributed by atoms with E-state index in [1.54, 1.807) is 39.8 Å². The van der Waals surface area contributed by atoms with Crippen molar-refractivity contribution in [1.82, 2.24) is 5.32 Å². The second-order valence-corrected chi connectivity index (χ2v) is 5.48. The Morgan fingerprint density at radius 3 is 2.58 bits per heavy atom. The number of phenolic OH excluding ortho intramolecular Hbond substituents is 1. The van der Waals surface area contributed by atoms with Crippen molar-refractivity contribution in [2.75, 3.05) is 6.54 Å². The molecule has 5 heteroatoms. The number of benzene rings is 1. The summed E-state index contributed by atoms with van der Waals surface area (Å²) in [5.74, 6) is 0.182. The highest BCUT2D eigenvalue weighted by Crippen LogP contribution is 2.22.